The monoisotopic (exact) mass is 268 g/mol. The number of aromatic hydroxyl groups is 1. The molecule has 0 atom stereocenters. The number of aromatic carboxylic acids is 1. The maximum Gasteiger partial charge on any atom is 0.339 e. The third-order valence-electron chi connectivity index (χ3n) is 2.48. The van der Waals surface area contributed by atoms with Gasteiger partial charge in [0.2, 0.25) is 9.04 Å². The van der Waals surface area contributed by atoms with E-state index in [4.69, 9.17) is 9.53 Å². The molecule has 0 aliphatic heterocycles. The van der Waals surface area contributed by atoms with Gasteiger partial charge in [0.1, 0.15) is 17.1 Å². The summed E-state index contributed by atoms with van der Waals surface area (Å²) in [4.78, 5) is 11.0. The summed E-state index contributed by atoms with van der Waals surface area (Å²) in [5, 5.41) is 19.2. The zero-order valence-corrected chi connectivity index (χ0v) is 12.6. The minimum absolute atomic E-state index is 0.0855. The molecule has 0 bridgehead atoms. The Hall–Kier alpha value is -1.49. The number of carboxylic acid groups (broad SMARTS) is 1. The second kappa shape index (κ2) is 5.02. The van der Waals surface area contributed by atoms with Crippen molar-refractivity contribution in [1.82, 2.24) is 0 Å². The first-order chi connectivity index (χ1) is 8.14. The zero-order valence-electron chi connectivity index (χ0n) is 11.4. The maximum atomic E-state index is 11.0. The van der Waals surface area contributed by atoms with Crippen LogP contribution in [0.2, 0.25) is 13.1 Å². The molecule has 1 rings (SSSR count). The Bertz CT molecular complexity index is 461. The van der Waals surface area contributed by atoms with Gasteiger partial charge >= 0.3 is 5.97 Å². The number of phenols is 1. The summed E-state index contributed by atoms with van der Waals surface area (Å²) >= 11 is 0. The number of hydrogen-bond donors (Lipinski definition) is 2. The van der Waals surface area contributed by atoms with Crippen LogP contribution in [0, 0.1) is 0 Å². The van der Waals surface area contributed by atoms with E-state index in [0.717, 1.165) is 0 Å². The number of hydrogen-bond acceptors (Lipinski definition) is 3. The van der Waals surface area contributed by atoms with Gasteiger partial charge in [-0.3, -0.25) is 0 Å². The van der Waals surface area contributed by atoms with E-state index in [9.17, 15) is 9.90 Å². The van der Waals surface area contributed by atoms with Crippen LogP contribution in [0.15, 0.2) is 12.1 Å². The van der Waals surface area contributed by atoms with Crippen molar-refractivity contribution in [1.29, 1.82) is 0 Å². The minimum atomic E-state index is -1.32. The zero-order chi connectivity index (χ0) is 14.1. The number of benzene rings is 1. The first-order valence-electron chi connectivity index (χ1n) is 5.91. The molecule has 0 aliphatic carbocycles. The standard InChI is InChI=1S/C13H20O4Si/c1-13(2,3)10-9(17-18(4)5)7-6-8(11(10)14)12(15)16/h6-7,14,18H,1-5H3,(H,15,16). The molecule has 18 heavy (non-hydrogen) atoms. The normalized spacial score (nSPS) is 11.7. The van der Waals surface area contributed by atoms with E-state index in [0.29, 0.717) is 11.3 Å². The molecule has 0 amide bonds. The van der Waals surface area contributed by atoms with E-state index < -0.39 is 15.0 Å². The number of carboxylic acids is 1. The lowest BCUT2D eigenvalue weighted by atomic mass is 9.84. The minimum Gasteiger partial charge on any atom is -0.547 e. The second-order valence-corrected chi connectivity index (χ2v) is 7.89. The first-order valence-corrected chi connectivity index (χ1v) is 8.69. The summed E-state index contributed by atoms with van der Waals surface area (Å²) < 4.78 is 5.77. The van der Waals surface area contributed by atoms with Gasteiger partial charge in [-0.05, 0) is 30.6 Å². The fraction of sp³-hybridized carbons (Fsp3) is 0.462. The molecule has 4 nitrogen and oxygen atoms in total. The summed E-state index contributed by atoms with van der Waals surface area (Å²) in [5.74, 6) is -0.736. The fourth-order valence-corrected chi connectivity index (χ4v) is 2.53. The second-order valence-electron chi connectivity index (χ2n) is 5.56. The third kappa shape index (κ3) is 3.04. The van der Waals surface area contributed by atoms with Crippen LogP contribution in [0.5, 0.6) is 11.5 Å². The van der Waals surface area contributed by atoms with E-state index in [1.165, 1.54) is 6.07 Å². The predicted molar refractivity (Wildman–Crippen MR) is 73.3 cm³/mol. The van der Waals surface area contributed by atoms with Gasteiger partial charge in [-0.1, -0.05) is 20.8 Å². The lowest BCUT2D eigenvalue weighted by molar-refractivity contribution is 0.0693. The van der Waals surface area contributed by atoms with Crippen molar-refractivity contribution in [3.63, 3.8) is 0 Å². The molecule has 2 N–H and O–H groups in total. The van der Waals surface area contributed by atoms with E-state index in [1.807, 2.05) is 33.9 Å². The van der Waals surface area contributed by atoms with Gasteiger partial charge in [0.15, 0.2) is 0 Å². The molecule has 0 unspecified atom stereocenters. The van der Waals surface area contributed by atoms with E-state index in [2.05, 4.69) is 0 Å². The first kappa shape index (κ1) is 14.6. The van der Waals surface area contributed by atoms with Gasteiger partial charge in [0, 0.05) is 5.56 Å². The lowest BCUT2D eigenvalue weighted by Gasteiger charge is -2.26. The number of carbonyl (C=O) groups is 1. The SMILES string of the molecule is C[SiH](C)Oc1ccc(C(=O)O)c(O)c1C(C)(C)C. The van der Waals surface area contributed by atoms with Crippen molar-refractivity contribution in [3.8, 4) is 11.5 Å². The van der Waals surface area contributed by atoms with Gasteiger partial charge in [-0.25, -0.2) is 4.79 Å². The van der Waals surface area contributed by atoms with Crippen molar-refractivity contribution < 1.29 is 19.4 Å². The molecule has 5 heteroatoms. The quantitative estimate of drug-likeness (QED) is 0.827. The van der Waals surface area contributed by atoms with Crippen LogP contribution in [0.4, 0.5) is 0 Å². The Morgan fingerprint density at radius 3 is 2.22 bits per heavy atom. The fourth-order valence-electron chi connectivity index (χ4n) is 1.82. The molecule has 0 radical (unpaired) electrons. The van der Waals surface area contributed by atoms with Crippen LogP contribution >= 0.6 is 0 Å². The Balaban J connectivity index is 3.47. The maximum absolute atomic E-state index is 11.0. The molecule has 0 fully saturated rings. The highest BCUT2D eigenvalue weighted by atomic mass is 28.3. The summed E-state index contributed by atoms with van der Waals surface area (Å²) in [6.45, 7) is 9.80. The predicted octanol–water partition coefficient (Wildman–Crippen LogP) is 2.75. The molecular formula is C13H20O4Si. The van der Waals surface area contributed by atoms with Crippen LogP contribution in [0.1, 0.15) is 36.7 Å². The van der Waals surface area contributed by atoms with Gasteiger partial charge < -0.3 is 14.6 Å². The van der Waals surface area contributed by atoms with Crippen LogP contribution in [0.3, 0.4) is 0 Å². The average Bonchev–Trinajstić information content (AvgIpc) is 2.13. The van der Waals surface area contributed by atoms with E-state index in [1.54, 1.807) is 6.07 Å². The molecule has 0 spiro atoms. The smallest absolute Gasteiger partial charge is 0.339 e. The van der Waals surface area contributed by atoms with Crippen LogP contribution in [0.25, 0.3) is 0 Å². The third-order valence-corrected chi connectivity index (χ3v) is 3.21. The summed E-state index contributed by atoms with van der Waals surface area (Å²) in [5.41, 5.74) is 0.0926. The Morgan fingerprint density at radius 1 is 1.28 bits per heavy atom. The van der Waals surface area contributed by atoms with Gasteiger partial charge in [0.25, 0.3) is 0 Å². The average molecular weight is 268 g/mol. The largest absolute Gasteiger partial charge is 0.547 e. The lowest BCUT2D eigenvalue weighted by Crippen LogP contribution is -2.19. The summed E-state index contributed by atoms with van der Waals surface area (Å²) in [6.07, 6.45) is 0. The Morgan fingerprint density at radius 2 is 1.83 bits per heavy atom. The highest BCUT2D eigenvalue weighted by Crippen LogP contribution is 2.40. The molecular weight excluding hydrogens is 248 g/mol. The Labute approximate surface area is 109 Å². The van der Waals surface area contributed by atoms with Crippen molar-refractivity contribution in [3.05, 3.63) is 23.3 Å². The molecule has 0 saturated carbocycles. The molecule has 0 aliphatic rings. The van der Waals surface area contributed by atoms with Crippen molar-refractivity contribution >= 4 is 15.0 Å². The highest BCUT2D eigenvalue weighted by Gasteiger charge is 2.27. The van der Waals surface area contributed by atoms with Gasteiger partial charge in [-0.2, -0.15) is 0 Å². The van der Waals surface area contributed by atoms with E-state index in [-0.39, 0.29) is 16.7 Å². The highest BCUT2D eigenvalue weighted by molar-refractivity contribution is 6.49. The van der Waals surface area contributed by atoms with Crippen molar-refractivity contribution in [2.45, 2.75) is 39.3 Å². The molecule has 1 aromatic carbocycles. The van der Waals surface area contributed by atoms with Crippen LogP contribution in [-0.4, -0.2) is 25.2 Å². The van der Waals surface area contributed by atoms with Gasteiger partial charge in [0.05, 0.1) is 0 Å². The Kier molecular flexibility index (Phi) is 4.06. The molecule has 0 heterocycles. The molecule has 0 saturated heterocycles. The van der Waals surface area contributed by atoms with Crippen LogP contribution in [-0.2, 0) is 5.41 Å². The summed E-state index contributed by atoms with van der Waals surface area (Å²) in [6, 6.07) is 3.02. The topological polar surface area (TPSA) is 66.8 Å². The van der Waals surface area contributed by atoms with Crippen molar-refractivity contribution in [2.75, 3.05) is 0 Å². The van der Waals surface area contributed by atoms with E-state index >= 15 is 0 Å². The van der Waals surface area contributed by atoms with Gasteiger partial charge in [-0.15, -0.1) is 0 Å². The van der Waals surface area contributed by atoms with Crippen LogP contribution < -0.4 is 4.43 Å². The van der Waals surface area contributed by atoms with Crippen molar-refractivity contribution in [2.24, 2.45) is 0 Å². The molecule has 0 aromatic heterocycles. The number of rotatable bonds is 3. The molecule has 1 aromatic rings. The summed E-state index contributed by atoms with van der Waals surface area (Å²) in [7, 11) is -1.32. The molecule has 100 valence electrons.